The predicted molar refractivity (Wildman–Crippen MR) is 49.6 cm³/mol. The molecule has 1 N–H and O–H groups in total. The first-order valence-corrected chi connectivity index (χ1v) is 3.90. The van der Waals surface area contributed by atoms with Crippen molar-refractivity contribution in [2.75, 3.05) is 7.11 Å². The molecule has 0 aliphatic rings. The van der Waals surface area contributed by atoms with E-state index >= 15 is 0 Å². The molecule has 0 spiro atoms. The fraction of sp³-hybridized carbons (Fsp3) is 0.100. The molecule has 1 aromatic carbocycles. The first-order chi connectivity index (χ1) is 6.35. The van der Waals surface area contributed by atoms with Crippen LogP contribution in [0.15, 0.2) is 24.4 Å². The number of hydrogen-bond donors (Lipinski definition) is 1. The number of benzene rings is 1. The highest BCUT2D eigenvalue weighted by molar-refractivity contribution is 5.86. The number of hydrogen-bond acceptors (Lipinski definition) is 2. The van der Waals surface area contributed by atoms with Crippen LogP contribution in [-0.2, 0) is 0 Å². The van der Waals surface area contributed by atoms with E-state index in [-0.39, 0.29) is 0 Å². The van der Waals surface area contributed by atoms with Crippen LogP contribution in [0.2, 0.25) is 0 Å². The van der Waals surface area contributed by atoms with Crippen molar-refractivity contribution in [2.45, 2.75) is 0 Å². The van der Waals surface area contributed by atoms with E-state index in [1.807, 2.05) is 18.3 Å². The van der Waals surface area contributed by atoms with Crippen LogP contribution in [0.25, 0.3) is 10.9 Å². The quantitative estimate of drug-likeness (QED) is 0.715. The maximum Gasteiger partial charge on any atom is 0.122 e. The van der Waals surface area contributed by atoms with Gasteiger partial charge in [-0.1, -0.05) is 0 Å². The van der Waals surface area contributed by atoms with E-state index in [0.717, 1.165) is 10.9 Å². The van der Waals surface area contributed by atoms with Crippen LogP contribution in [0, 0.1) is 11.3 Å². The second-order valence-corrected chi connectivity index (χ2v) is 2.73. The zero-order valence-corrected chi connectivity index (χ0v) is 7.16. The molecule has 3 nitrogen and oxygen atoms in total. The number of methoxy groups -OCH3 is 1. The molecule has 1 aromatic heterocycles. The summed E-state index contributed by atoms with van der Waals surface area (Å²) >= 11 is 0. The molecule has 0 saturated heterocycles. The van der Waals surface area contributed by atoms with E-state index in [0.29, 0.717) is 11.3 Å². The Labute approximate surface area is 75.6 Å². The Bertz CT molecular complexity index is 479. The van der Waals surface area contributed by atoms with E-state index in [1.165, 1.54) is 0 Å². The molecule has 3 heteroatoms. The molecule has 0 saturated carbocycles. The van der Waals surface area contributed by atoms with Gasteiger partial charge >= 0.3 is 0 Å². The Kier molecular flexibility index (Phi) is 1.67. The Hall–Kier alpha value is -1.95. The van der Waals surface area contributed by atoms with Gasteiger partial charge in [0, 0.05) is 17.6 Å². The summed E-state index contributed by atoms with van der Waals surface area (Å²) in [5.41, 5.74) is 1.56. The van der Waals surface area contributed by atoms with Crippen molar-refractivity contribution >= 4 is 10.9 Å². The molecule has 0 aliphatic carbocycles. The fourth-order valence-electron chi connectivity index (χ4n) is 1.35. The van der Waals surface area contributed by atoms with Crippen LogP contribution in [0.4, 0.5) is 0 Å². The van der Waals surface area contributed by atoms with Gasteiger partial charge in [0.15, 0.2) is 0 Å². The second-order valence-electron chi connectivity index (χ2n) is 2.73. The Morgan fingerprint density at radius 3 is 3.00 bits per heavy atom. The lowest BCUT2D eigenvalue weighted by Crippen LogP contribution is -1.84. The number of aromatic amines is 1. The van der Waals surface area contributed by atoms with Crippen LogP contribution in [0.5, 0.6) is 5.75 Å². The highest BCUT2D eigenvalue weighted by atomic mass is 16.5. The summed E-state index contributed by atoms with van der Waals surface area (Å²) in [5.74, 6) is 0.700. The summed E-state index contributed by atoms with van der Waals surface area (Å²) in [5, 5.41) is 9.79. The van der Waals surface area contributed by atoms with Gasteiger partial charge in [-0.3, -0.25) is 0 Å². The minimum absolute atomic E-state index is 0.635. The molecule has 0 aliphatic heterocycles. The molecular formula is C10H8N2O. The fourth-order valence-corrected chi connectivity index (χ4v) is 1.35. The molecule has 0 amide bonds. The molecule has 13 heavy (non-hydrogen) atoms. The lowest BCUT2D eigenvalue weighted by atomic mass is 10.1. The lowest BCUT2D eigenvalue weighted by Gasteiger charge is -2.00. The van der Waals surface area contributed by atoms with Crippen molar-refractivity contribution in [3.63, 3.8) is 0 Å². The molecule has 1 heterocycles. The molecule has 0 atom stereocenters. The standard InChI is InChI=1S/C10H8N2O/c1-13-8-4-7(6-11)9-2-3-12-10(9)5-8/h2-5,12H,1H3. The summed E-state index contributed by atoms with van der Waals surface area (Å²) in [6.07, 6.45) is 1.81. The first kappa shape index (κ1) is 7.69. The third-order valence-corrected chi connectivity index (χ3v) is 2.00. The average molecular weight is 172 g/mol. The number of nitrogens with one attached hydrogen (secondary N) is 1. The summed E-state index contributed by atoms with van der Waals surface area (Å²) in [4.78, 5) is 3.04. The Morgan fingerprint density at radius 2 is 2.31 bits per heavy atom. The SMILES string of the molecule is COc1cc(C#N)c2cc[nH]c2c1. The van der Waals surface area contributed by atoms with Gasteiger partial charge < -0.3 is 9.72 Å². The molecule has 0 fully saturated rings. The number of rotatable bonds is 1. The zero-order chi connectivity index (χ0) is 9.26. The first-order valence-electron chi connectivity index (χ1n) is 3.90. The van der Waals surface area contributed by atoms with Crippen molar-refractivity contribution < 1.29 is 4.74 Å². The summed E-state index contributed by atoms with van der Waals surface area (Å²) < 4.78 is 5.06. The molecule has 2 aromatic rings. The molecule has 0 radical (unpaired) electrons. The normalized spacial score (nSPS) is 9.85. The Balaban J connectivity index is 2.79. The minimum Gasteiger partial charge on any atom is -0.497 e. The molecule has 0 unspecified atom stereocenters. The minimum atomic E-state index is 0.635. The van der Waals surface area contributed by atoms with Crippen LogP contribution in [0.3, 0.4) is 0 Å². The van der Waals surface area contributed by atoms with Crippen LogP contribution in [0.1, 0.15) is 5.56 Å². The molecule has 64 valence electrons. The van der Waals surface area contributed by atoms with E-state index < -0.39 is 0 Å². The van der Waals surface area contributed by atoms with Gasteiger partial charge in [-0.2, -0.15) is 5.26 Å². The Morgan fingerprint density at radius 1 is 1.46 bits per heavy atom. The molecular weight excluding hydrogens is 164 g/mol. The molecule has 2 rings (SSSR count). The number of fused-ring (bicyclic) bond motifs is 1. The van der Waals surface area contributed by atoms with Crippen molar-refractivity contribution in [3.05, 3.63) is 30.0 Å². The van der Waals surface area contributed by atoms with Crippen molar-refractivity contribution in [3.8, 4) is 11.8 Å². The number of ether oxygens (including phenoxy) is 1. The van der Waals surface area contributed by atoms with Crippen LogP contribution >= 0.6 is 0 Å². The third-order valence-electron chi connectivity index (χ3n) is 2.00. The van der Waals surface area contributed by atoms with Gasteiger partial charge in [-0.25, -0.2) is 0 Å². The number of aromatic nitrogens is 1. The van der Waals surface area contributed by atoms with Crippen molar-refractivity contribution in [1.82, 2.24) is 4.98 Å². The highest BCUT2D eigenvalue weighted by Gasteiger charge is 2.03. The summed E-state index contributed by atoms with van der Waals surface area (Å²) in [7, 11) is 1.59. The van der Waals surface area contributed by atoms with Gasteiger partial charge in [-0.05, 0) is 12.1 Å². The van der Waals surface area contributed by atoms with E-state index in [9.17, 15) is 0 Å². The topological polar surface area (TPSA) is 48.8 Å². The third kappa shape index (κ3) is 1.13. The summed E-state index contributed by atoms with van der Waals surface area (Å²) in [6, 6.07) is 7.62. The smallest absolute Gasteiger partial charge is 0.122 e. The molecule has 0 bridgehead atoms. The maximum absolute atomic E-state index is 8.85. The van der Waals surface area contributed by atoms with E-state index in [1.54, 1.807) is 13.2 Å². The largest absolute Gasteiger partial charge is 0.497 e. The van der Waals surface area contributed by atoms with E-state index in [2.05, 4.69) is 11.1 Å². The highest BCUT2D eigenvalue weighted by Crippen LogP contribution is 2.23. The predicted octanol–water partition coefficient (Wildman–Crippen LogP) is 2.05. The van der Waals surface area contributed by atoms with Gasteiger partial charge in [-0.15, -0.1) is 0 Å². The van der Waals surface area contributed by atoms with E-state index in [4.69, 9.17) is 10.00 Å². The number of H-pyrrole nitrogens is 1. The second kappa shape index (κ2) is 2.83. The van der Waals surface area contributed by atoms with Crippen LogP contribution < -0.4 is 4.74 Å². The average Bonchev–Trinajstić information content (AvgIpc) is 2.63. The van der Waals surface area contributed by atoms with Gasteiger partial charge in [0.2, 0.25) is 0 Å². The van der Waals surface area contributed by atoms with Gasteiger partial charge in [0.05, 0.1) is 24.3 Å². The zero-order valence-electron chi connectivity index (χ0n) is 7.16. The van der Waals surface area contributed by atoms with Crippen LogP contribution in [-0.4, -0.2) is 12.1 Å². The van der Waals surface area contributed by atoms with Gasteiger partial charge in [0.25, 0.3) is 0 Å². The number of nitrogens with zero attached hydrogens (tertiary/aromatic N) is 1. The monoisotopic (exact) mass is 172 g/mol. The maximum atomic E-state index is 8.85. The van der Waals surface area contributed by atoms with Crippen molar-refractivity contribution in [1.29, 1.82) is 5.26 Å². The van der Waals surface area contributed by atoms with Crippen molar-refractivity contribution in [2.24, 2.45) is 0 Å². The van der Waals surface area contributed by atoms with Gasteiger partial charge in [0.1, 0.15) is 5.75 Å². The number of nitriles is 1. The summed E-state index contributed by atoms with van der Waals surface area (Å²) in [6.45, 7) is 0. The lowest BCUT2D eigenvalue weighted by molar-refractivity contribution is 0.415.